The molecule has 1 aromatic rings. The Morgan fingerprint density at radius 2 is 2.06 bits per heavy atom. The fourth-order valence-corrected chi connectivity index (χ4v) is 1.32. The second-order valence-corrected chi connectivity index (χ2v) is 4.16. The van der Waals surface area contributed by atoms with Gasteiger partial charge in [0.15, 0.2) is 0 Å². The molecular weight excluding hydrogens is 220 g/mol. The van der Waals surface area contributed by atoms with E-state index in [1.807, 2.05) is 0 Å². The van der Waals surface area contributed by atoms with Crippen molar-refractivity contribution in [2.75, 3.05) is 14.2 Å². The summed E-state index contributed by atoms with van der Waals surface area (Å²) in [6.07, 6.45) is 3.05. The van der Waals surface area contributed by atoms with E-state index < -0.39 is 11.5 Å². The highest BCUT2D eigenvalue weighted by Crippen LogP contribution is 2.17. The Morgan fingerprint density at radius 1 is 1.41 bits per heavy atom. The number of carbonyl (C=O) groups is 2. The minimum Gasteiger partial charge on any atom is -0.467 e. The monoisotopic (exact) mass is 236 g/mol. The van der Waals surface area contributed by atoms with Crippen LogP contribution in [-0.2, 0) is 9.53 Å². The number of carbonyl (C=O) groups excluding carboxylic acids is 2. The highest BCUT2D eigenvalue weighted by molar-refractivity contribution is 5.97. The molecular formula is C12H16N2O3. The summed E-state index contributed by atoms with van der Waals surface area (Å²) in [6.45, 7) is 3.26. The molecule has 0 N–H and O–H groups in total. The van der Waals surface area contributed by atoms with E-state index in [2.05, 4.69) is 9.72 Å². The lowest BCUT2D eigenvalue weighted by atomic mass is 10.0. The van der Waals surface area contributed by atoms with E-state index in [-0.39, 0.29) is 5.91 Å². The molecule has 0 fully saturated rings. The van der Waals surface area contributed by atoms with E-state index in [4.69, 9.17) is 0 Å². The largest absolute Gasteiger partial charge is 0.467 e. The van der Waals surface area contributed by atoms with Gasteiger partial charge < -0.3 is 9.64 Å². The predicted octanol–water partition coefficient (Wildman–Crippen LogP) is 1.11. The molecule has 0 aliphatic heterocycles. The van der Waals surface area contributed by atoms with E-state index in [1.54, 1.807) is 39.2 Å². The zero-order valence-corrected chi connectivity index (χ0v) is 10.4. The standard InChI is InChI=1S/C12H16N2O3/c1-12(2,11(16)17-4)14(3)10(15)9-6-5-7-13-8-9/h5-8H,1-4H3. The van der Waals surface area contributed by atoms with E-state index in [1.165, 1.54) is 18.2 Å². The fraction of sp³-hybridized carbons (Fsp3) is 0.417. The van der Waals surface area contributed by atoms with Gasteiger partial charge in [-0.1, -0.05) is 0 Å². The number of aromatic nitrogens is 1. The van der Waals surface area contributed by atoms with E-state index in [0.29, 0.717) is 5.56 Å². The summed E-state index contributed by atoms with van der Waals surface area (Å²) in [5.41, 5.74) is -0.575. The summed E-state index contributed by atoms with van der Waals surface area (Å²) < 4.78 is 4.67. The number of hydrogen-bond donors (Lipinski definition) is 0. The summed E-state index contributed by atoms with van der Waals surface area (Å²) in [7, 11) is 2.86. The average molecular weight is 236 g/mol. The van der Waals surface area contributed by atoms with Crippen LogP contribution < -0.4 is 0 Å². The second-order valence-electron chi connectivity index (χ2n) is 4.16. The number of pyridine rings is 1. The van der Waals surface area contributed by atoms with Gasteiger partial charge in [-0.2, -0.15) is 0 Å². The SMILES string of the molecule is COC(=O)C(C)(C)N(C)C(=O)c1cccnc1. The molecule has 1 aromatic heterocycles. The van der Waals surface area contributed by atoms with Gasteiger partial charge in [-0.15, -0.1) is 0 Å². The molecule has 0 saturated carbocycles. The third-order valence-electron chi connectivity index (χ3n) is 2.74. The van der Waals surface area contributed by atoms with Crippen LogP contribution in [0.2, 0.25) is 0 Å². The van der Waals surface area contributed by atoms with Crippen LogP contribution in [0.4, 0.5) is 0 Å². The Hall–Kier alpha value is -1.91. The minimum absolute atomic E-state index is 0.270. The molecule has 0 bridgehead atoms. The second kappa shape index (κ2) is 4.95. The van der Waals surface area contributed by atoms with Crippen LogP contribution in [0.15, 0.2) is 24.5 Å². The van der Waals surface area contributed by atoms with Crippen molar-refractivity contribution in [3.05, 3.63) is 30.1 Å². The summed E-state index contributed by atoms with van der Waals surface area (Å²) in [4.78, 5) is 28.9. The first-order chi connectivity index (χ1) is 7.91. The van der Waals surface area contributed by atoms with Gasteiger partial charge in [0.25, 0.3) is 5.91 Å². The Kier molecular flexibility index (Phi) is 3.83. The number of esters is 1. The number of ether oxygens (including phenoxy) is 1. The van der Waals surface area contributed by atoms with Gasteiger partial charge in [-0.3, -0.25) is 9.78 Å². The summed E-state index contributed by atoms with van der Waals surface area (Å²) >= 11 is 0. The van der Waals surface area contributed by atoms with Crippen molar-refractivity contribution in [3.63, 3.8) is 0 Å². The smallest absolute Gasteiger partial charge is 0.331 e. The number of likely N-dealkylation sites (N-methyl/N-ethyl adjacent to an activating group) is 1. The van der Waals surface area contributed by atoms with Crippen molar-refractivity contribution < 1.29 is 14.3 Å². The van der Waals surface area contributed by atoms with Crippen LogP contribution in [0.3, 0.4) is 0 Å². The van der Waals surface area contributed by atoms with Crippen LogP contribution in [0, 0.1) is 0 Å². The zero-order valence-electron chi connectivity index (χ0n) is 10.4. The molecule has 1 heterocycles. The number of hydrogen-bond acceptors (Lipinski definition) is 4. The third-order valence-corrected chi connectivity index (χ3v) is 2.74. The van der Waals surface area contributed by atoms with Gasteiger partial charge in [0.2, 0.25) is 0 Å². The van der Waals surface area contributed by atoms with Crippen LogP contribution in [0.25, 0.3) is 0 Å². The van der Waals surface area contributed by atoms with Gasteiger partial charge in [0.1, 0.15) is 5.54 Å². The van der Waals surface area contributed by atoms with Gasteiger partial charge in [-0.05, 0) is 26.0 Å². The molecule has 0 aromatic carbocycles. The quantitative estimate of drug-likeness (QED) is 0.737. The third kappa shape index (κ3) is 2.61. The maximum Gasteiger partial charge on any atom is 0.331 e. The molecule has 5 heteroatoms. The summed E-state index contributed by atoms with van der Waals surface area (Å²) in [6, 6.07) is 3.32. The maximum absolute atomic E-state index is 12.1. The minimum atomic E-state index is -1.01. The molecule has 1 amide bonds. The average Bonchev–Trinajstić information content (AvgIpc) is 2.36. The molecule has 1 rings (SSSR count). The van der Waals surface area contributed by atoms with E-state index in [9.17, 15) is 9.59 Å². The van der Waals surface area contributed by atoms with Crippen molar-refractivity contribution in [2.24, 2.45) is 0 Å². The Bertz CT molecular complexity index is 415. The maximum atomic E-state index is 12.1. The van der Waals surface area contributed by atoms with Crippen LogP contribution >= 0.6 is 0 Å². The molecule has 0 spiro atoms. The molecule has 5 nitrogen and oxygen atoms in total. The molecule has 0 aliphatic rings. The molecule has 0 saturated heterocycles. The first-order valence-corrected chi connectivity index (χ1v) is 5.18. The first kappa shape index (κ1) is 13.2. The van der Waals surface area contributed by atoms with Crippen molar-refractivity contribution in [1.82, 2.24) is 9.88 Å². The molecule has 0 aliphatic carbocycles. The van der Waals surface area contributed by atoms with E-state index in [0.717, 1.165) is 0 Å². The van der Waals surface area contributed by atoms with E-state index >= 15 is 0 Å². The lowest BCUT2D eigenvalue weighted by Crippen LogP contribution is -2.51. The lowest BCUT2D eigenvalue weighted by molar-refractivity contribution is -0.150. The van der Waals surface area contributed by atoms with Crippen molar-refractivity contribution in [2.45, 2.75) is 19.4 Å². The highest BCUT2D eigenvalue weighted by Gasteiger charge is 2.36. The Balaban J connectivity index is 2.94. The van der Waals surface area contributed by atoms with Gasteiger partial charge in [0, 0.05) is 19.4 Å². The number of nitrogens with zero attached hydrogens (tertiary/aromatic N) is 2. The summed E-state index contributed by atoms with van der Waals surface area (Å²) in [5.74, 6) is -0.731. The Labute approximate surface area is 100 Å². The van der Waals surface area contributed by atoms with Crippen molar-refractivity contribution >= 4 is 11.9 Å². The highest BCUT2D eigenvalue weighted by atomic mass is 16.5. The van der Waals surface area contributed by atoms with Gasteiger partial charge in [0.05, 0.1) is 12.7 Å². The van der Waals surface area contributed by atoms with Crippen molar-refractivity contribution in [3.8, 4) is 0 Å². The number of amides is 1. The fourth-order valence-electron chi connectivity index (χ4n) is 1.32. The molecule has 0 unspecified atom stereocenters. The Morgan fingerprint density at radius 3 is 2.53 bits per heavy atom. The molecule has 17 heavy (non-hydrogen) atoms. The summed E-state index contributed by atoms with van der Waals surface area (Å²) in [5, 5.41) is 0. The van der Waals surface area contributed by atoms with Crippen molar-refractivity contribution in [1.29, 1.82) is 0 Å². The number of methoxy groups -OCH3 is 1. The normalized spacial score (nSPS) is 10.8. The zero-order chi connectivity index (χ0) is 13.1. The van der Waals surface area contributed by atoms with Crippen LogP contribution in [0.5, 0.6) is 0 Å². The van der Waals surface area contributed by atoms with Gasteiger partial charge >= 0.3 is 5.97 Å². The topological polar surface area (TPSA) is 59.5 Å². The van der Waals surface area contributed by atoms with Crippen LogP contribution in [0.1, 0.15) is 24.2 Å². The molecule has 0 atom stereocenters. The number of rotatable bonds is 3. The lowest BCUT2D eigenvalue weighted by Gasteiger charge is -2.32. The first-order valence-electron chi connectivity index (χ1n) is 5.18. The molecule has 0 radical (unpaired) electrons. The van der Waals surface area contributed by atoms with Gasteiger partial charge in [-0.25, -0.2) is 4.79 Å². The predicted molar refractivity (Wildman–Crippen MR) is 62.4 cm³/mol. The van der Waals surface area contributed by atoms with Crippen LogP contribution in [-0.4, -0.2) is 41.5 Å². The molecule has 92 valence electrons.